The maximum Gasteiger partial charge on any atom is 0.257 e. The van der Waals surface area contributed by atoms with Crippen LogP contribution in [-0.4, -0.2) is 55.1 Å². The molecule has 3 aromatic rings. The predicted octanol–water partition coefficient (Wildman–Crippen LogP) is 3.27. The fourth-order valence-electron chi connectivity index (χ4n) is 3.31. The second-order valence-corrected chi connectivity index (χ2v) is 7.80. The minimum Gasteiger partial charge on any atom is -0.351 e. The highest BCUT2D eigenvalue weighted by molar-refractivity contribution is 7.22. The van der Waals surface area contributed by atoms with Gasteiger partial charge in [0, 0.05) is 39.3 Å². The molecule has 2 heterocycles. The van der Waals surface area contributed by atoms with Crippen LogP contribution in [0, 0.1) is 17.5 Å². The SMILES string of the molecule is O=C(NCCN1CCN(c2nc3ccc(F)cc3s2)CC1)c1c(F)cccc1F. The molecule has 29 heavy (non-hydrogen) atoms. The topological polar surface area (TPSA) is 48.5 Å². The van der Waals surface area contributed by atoms with Crippen molar-refractivity contribution < 1.29 is 18.0 Å². The van der Waals surface area contributed by atoms with E-state index in [1.807, 2.05) is 0 Å². The molecule has 1 aliphatic rings. The summed E-state index contributed by atoms with van der Waals surface area (Å²) in [5, 5.41) is 3.44. The van der Waals surface area contributed by atoms with E-state index in [1.165, 1.54) is 29.5 Å². The number of rotatable bonds is 5. The number of nitrogens with one attached hydrogen (secondary N) is 1. The second-order valence-electron chi connectivity index (χ2n) is 6.79. The van der Waals surface area contributed by atoms with Crippen LogP contribution in [0.5, 0.6) is 0 Å². The van der Waals surface area contributed by atoms with E-state index in [0.717, 1.165) is 53.7 Å². The van der Waals surface area contributed by atoms with Gasteiger partial charge in [-0.25, -0.2) is 18.2 Å². The Morgan fingerprint density at radius 1 is 1.07 bits per heavy atom. The molecule has 0 atom stereocenters. The van der Waals surface area contributed by atoms with Crippen molar-refractivity contribution in [3.05, 3.63) is 59.4 Å². The molecule has 1 N–H and O–H groups in total. The maximum atomic E-state index is 13.6. The first kappa shape index (κ1) is 19.7. The summed E-state index contributed by atoms with van der Waals surface area (Å²) in [6.07, 6.45) is 0. The van der Waals surface area contributed by atoms with Crippen molar-refractivity contribution in [2.45, 2.75) is 0 Å². The molecule has 2 aromatic carbocycles. The van der Waals surface area contributed by atoms with Gasteiger partial charge in [0.05, 0.1) is 10.2 Å². The number of nitrogens with zero attached hydrogens (tertiary/aromatic N) is 3. The number of carbonyl (C=O) groups is 1. The van der Waals surface area contributed by atoms with Crippen molar-refractivity contribution in [1.29, 1.82) is 0 Å². The third-order valence-electron chi connectivity index (χ3n) is 4.89. The van der Waals surface area contributed by atoms with Gasteiger partial charge in [-0.05, 0) is 30.3 Å². The lowest BCUT2D eigenvalue weighted by Gasteiger charge is -2.34. The first-order valence-electron chi connectivity index (χ1n) is 9.27. The Balaban J connectivity index is 1.27. The predicted molar refractivity (Wildman–Crippen MR) is 107 cm³/mol. The molecule has 0 spiro atoms. The number of benzene rings is 2. The van der Waals surface area contributed by atoms with Gasteiger partial charge in [0.25, 0.3) is 5.91 Å². The minimum atomic E-state index is -0.869. The van der Waals surface area contributed by atoms with Gasteiger partial charge >= 0.3 is 0 Å². The number of hydrogen-bond acceptors (Lipinski definition) is 5. The largest absolute Gasteiger partial charge is 0.351 e. The lowest BCUT2D eigenvalue weighted by Crippen LogP contribution is -2.48. The molecule has 0 aliphatic carbocycles. The average molecular weight is 420 g/mol. The van der Waals surface area contributed by atoms with Crippen molar-refractivity contribution in [2.75, 3.05) is 44.2 Å². The van der Waals surface area contributed by atoms with Crippen LogP contribution in [0.25, 0.3) is 10.2 Å². The number of hydrogen-bond donors (Lipinski definition) is 1. The van der Waals surface area contributed by atoms with Gasteiger partial charge in [0.1, 0.15) is 23.0 Å². The summed E-state index contributed by atoms with van der Waals surface area (Å²) in [6.45, 7) is 3.95. The lowest BCUT2D eigenvalue weighted by atomic mass is 10.2. The van der Waals surface area contributed by atoms with E-state index in [4.69, 9.17) is 0 Å². The van der Waals surface area contributed by atoms with Crippen LogP contribution < -0.4 is 10.2 Å². The highest BCUT2D eigenvalue weighted by Gasteiger charge is 2.21. The van der Waals surface area contributed by atoms with Gasteiger partial charge in [-0.15, -0.1) is 0 Å². The molecule has 0 radical (unpaired) electrons. The maximum absolute atomic E-state index is 13.6. The van der Waals surface area contributed by atoms with Crippen LogP contribution in [0.4, 0.5) is 18.3 Å². The average Bonchev–Trinajstić information content (AvgIpc) is 3.11. The first-order valence-corrected chi connectivity index (χ1v) is 10.1. The van der Waals surface area contributed by atoms with Gasteiger partial charge < -0.3 is 10.2 Å². The standard InChI is InChI=1S/C20H19F3N4OS/c21-13-4-5-16-17(12-13)29-20(25-16)27-10-8-26(9-11-27)7-6-24-19(28)18-14(22)2-1-3-15(18)23/h1-5,12H,6-11H2,(H,24,28). The van der Waals surface area contributed by atoms with E-state index in [0.29, 0.717) is 13.1 Å². The monoisotopic (exact) mass is 420 g/mol. The van der Waals surface area contributed by atoms with E-state index >= 15 is 0 Å². The first-order chi connectivity index (χ1) is 14.0. The molecule has 0 saturated carbocycles. The van der Waals surface area contributed by atoms with Crippen LogP contribution >= 0.6 is 11.3 Å². The van der Waals surface area contributed by atoms with Gasteiger partial charge in [0.2, 0.25) is 0 Å². The highest BCUT2D eigenvalue weighted by Crippen LogP contribution is 2.29. The van der Waals surface area contributed by atoms with Gasteiger partial charge in [0.15, 0.2) is 5.13 Å². The minimum absolute atomic E-state index is 0.269. The summed E-state index contributed by atoms with van der Waals surface area (Å²) >= 11 is 1.47. The van der Waals surface area contributed by atoms with Crippen LogP contribution in [0.3, 0.4) is 0 Å². The van der Waals surface area contributed by atoms with E-state index in [1.54, 1.807) is 6.07 Å². The smallest absolute Gasteiger partial charge is 0.257 e. The van der Waals surface area contributed by atoms with Crippen LogP contribution in [0.15, 0.2) is 36.4 Å². The number of halogens is 3. The van der Waals surface area contributed by atoms with Gasteiger partial charge in [-0.3, -0.25) is 9.69 Å². The zero-order valence-corrected chi connectivity index (χ0v) is 16.3. The quantitative estimate of drug-likeness (QED) is 0.689. The summed E-state index contributed by atoms with van der Waals surface area (Å²) < 4.78 is 41.5. The Morgan fingerprint density at radius 3 is 2.52 bits per heavy atom. The zero-order valence-electron chi connectivity index (χ0n) is 15.5. The van der Waals surface area contributed by atoms with Crippen molar-refractivity contribution in [3.63, 3.8) is 0 Å². The molecule has 9 heteroatoms. The summed E-state index contributed by atoms with van der Waals surface area (Å²) in [6, 6.07) is 7.94. The van der Waals surface area contributed by atoms with E-state index in [9.17, 15) is 18.0 Å². The molecule has 0 bridgehead atoms. The Morgan fingerprint density at radius 2 is 1.79 bits per heavy atom. The number of carbonyl (C=O) groups excluding carboxylic acids is 1. The van der Waals surface area contributed by atoms with Crippen molar-refractivity contribution >= 4 is 32.6 Å². The molecule has 1 aromatic heterocycles. The van der Waals surface area contributed by atoms with Gasteiger partial charge in [-0.2, -0.15) is 0 Å². The zero-order chi connectivity index (χ0) is 20.4. The Labute approximate surface area is 169 Å². The van der Waals surface area contributed by atoms with Gasteiger partial charge in [-0.1, -0.05) is 17.4 Å². The van der Waals surface area contributed by atoms with Crippen molar-refractivity contribution in [2.24, 2.45) is 0 Å². The number of amides is 1. The third kappa shape index (κ3) is 4.35. The summed E-state index contributed by atoms with van der Waals surface area (Å²) in [5.74, 6) is -2.76. The second kappa shape index (κ2) is 8.38. The molecular weight excluding hydrogens is 401 g/mol. The van der Waals surface area contributed by atoms with E-state index < -0.39 is 23.1 Å². The van der Waals surface area contributed by atoms with Crippen LogP contribution in [-0.2, 0) is 0 Å². The van der Waals surface area contributed by atoms with E-state index in [2.05, 4.69) is 20.1 Å². The lowest BCUT2D eigenvalue weighted by molar-refractivity contribution is 0.0939. The summed E-state index contributed by atoms with van der Waals surface area (Å²) in [5.41, 5.74) is 0.238. The third-order valence-corrected chi connectivity index (χ3v) is 5.96. The molecule has 1 saturated heterocycles. The Bertz CT molecular complexity index is 1010. The fraction of sp³-hybridized carbons (Fsp3) is 0.300. The van der Waals surface area contributed by atoms with Crippen molar-refractivity contribution in [1.82, 2.24) is 15.2 Å². The number of aromatic nitrogens is 1. The highest BCUT2D eigenvalue weighted by atomic mass is 32.1. The van der Waals surface area contributed by atoms with Crippen LogP contribution in [0.1, 0.15) is 10.4 Å². The fourth-order valence-corrected chi connectivity index (χ4v) is 4.36. The Kier molecular flexibility index (Phi) is 5.68. The molecule has 1 amide bonds. The molecular formula is C20H19F3N4OS. The molecule has 1 aliphatic heterocycles. The number of piperazine rings is 1. The Hall–Kier alpha value is -2.65. The molecule has 152 valence electrons. The number of thiazole rings is 1. The summed E-state index contributed by atoms with van der Waals surface area (Å²) in [4.78, 5) is 20.9. The summed E-state index contributed by atoms with van der Waals surface area (Å²) in [7, 11) is 0. The number of anilines is 1. The molecule has 1 fully saturated rings. The molecule has 0 unspecified atom stereocenters. The van der Waals surface area contributed by atoms with E-state index in [-0.39, 0.29) is 5.82 Å². The van der Waals surface area contributed by atoms with Crippen LogP contribution in [0.2, 0.25) is 0 Å². The van der Waals surface area contributed by atoms with Crippen molar-refractivity contribution in [3.8, 4) is 0 Å². The number of fused-ring (bicyclic) bond motifs is 1. The molecule has 4 rings (SSSR count). The normalized spacial score (nSPS) is 15.1. The molecule has 5 nitrogen and oxygen atoms in total.